The molecule has 1 saturated heterocycles. The summed E-state index contributed by atoms with van der Waals surface area (Å²) in [7, 11) is 0. The molecule has 1 heterocycles. The minimum absolute atomic E-state index is 0.161. The van der Waals surface area contributed by atoms with Crippen molar-refractivity contribution in [3.8, 4) is 0 Å². The number of nitrogens with zero attached hydrogens (tertiary/aromatic N) is 2. The van der Waals surface area contributed by atoms with Crippen LogP contribution in [0.1, 0.15) is 12.0 Å². The Morgan fingerprint density at radius 3 is 2.68 bits per heavy atom. The average Bonchev–Trinajstić information content (AvgIpc) is 2.60. The van der Waals surface area contributed by atoms with E-state index >= 15 is 0 Å². The van der Waals surface area contributed by atoms with Crippen LogP contribution in [0.15, 0.2) is 18.2 Å². The first-order chi connectivity index (χ1) is 9.19. The molecule has 2 rings (SSSR count). The third-order valence-electron chi connectivity index (χ3n) is 3.48. The van der Waals surface area contributed by atoms with Gasteiger partial charge in [-0.25, -0.2) is 4.39 Å². The van der Waals surface area contributed by atoms with E-state index in [4.69, 9.17) is 11.6 Å². The van der Waals surface area contributed by atoms with Crippen molar-refractivity contribution in [2.75, 3.05) is 38.1 Å². The van der Waals surface area contributed by atoms with Crippen LogP contribution in [0.25, 0.3) is 0 Å². The number of benzene rings is 1. The molecule has 1 fully saturated rings. The molecule has 0 aliphatic carbocycles. The van der Waals surface area contributed by atoms with E-state index in [-0.39, 0.29) is 5.82 Å². The molecule has 5 heteroatoms. The largest absolute Gasteiger partial charge is 0.301 e. The van der Waals surface area contributed by atoms with E-state index in [2.05, 4.69) is 25.7 Å². The van der Waals surface area contributed by atoms with E-state index in [1.54, 1.807) is 12.1 Å². The van der Waals surface area contributed by atoms with Crippen molar-refractivity contribution in [1.82, 2.24) is 9.80 Å². The van der Waals surface area contributed by atoms with E-state index in [1.165, 1.54) is 6.07 Å². The van der Waals surface area contributed by atoms with Crippen molar-refractivity contribution in [3.63, 3.8) is 0 Å². The molecule has 0 unspecified atom stereocenters. The van der Waals surface area contributed by atoms with Crippen LogP contribution in [0.5, 0.6) is 0 Å². The maximum absolute atomic E-state index is 13.7. The van der Waals surface area contributed by atoms with Gasteiger partial charge in [-0.1, -0.05) is 27.5 Å². The van der Waals surface area contributed by atoms with Crippen LogP contribution in [0, 0.1) is 5.82 Å². The van der Waals surface area contributed by atoms with Crippen molar-refractivity contribution < 1.29 is 4.39 Å². The second-order valence-corrected chi connectivity index (χ2v) is 6.13. The van der Waals surface area contributed by atoms with E-state index in [0.717, 1.165) is 44.5 Å². The van der Waals surface area contributed by atoms with Crippen LogP contribution in [0.2, 0.25) is 5.02 Å². The SMILES string of the molecule is Fc1ccc(Cl)cc1CN1CCCN(CCBr)CC1. The van der Waals surface area contributed by atoms with Crippen LogP contribution in [0.4, 0.5) is 4.39 Å². The molecule has 106 valence electrons. The van der Waals surface area contributed by atoms with Gasteiger partial charge in [-0.15, -0.1) is 0 Å². The zero-order valence-corrected chi connectivity index (χ0v) is 13.3. The number of rotatable bonds is 4. The van der Waals surface area contributed by atoms with Crippen LogP contribution in [-0.2, 0) is 6.54 Å². The van der Waals surface area contributed by atoms with Crippen molar-refractivity contribution >= 4 is 27.5 Å². The Balaban J connectivity index is 1.94. The lowest BCUT2D eigenvalue weighted by Gasteiger charge is -2.21. The highest BCUT2D eigenvalue weighted by atomic mass is 79.9. The molecule has 0 spiro atoms. The number of halogens is 3. The first-order valence-electron chi connectivity index (χ1n) is 6.63. The summed E-state index contributed by atoms with van der Waals surface area (Å²) in [6, 6.07) is 4.78. The molecule has 0 radical (unpaired) electrons. The van der Waals surface area contributed by atoms with Gasteiger partial charge in [0.1, 0.15) is 5.82 Å². The summed E-state index contributed by atoms with van der Waals surface area (Å²) in [5.41, 5.74) is 0.696. The van der Waals surface area contributed by atoms with E-state index in [0.29, 0.717) is 17.1 Å². The van der Waals surface area contributed by atoms with E-state index < -0.39 is 0 Å². The smallest absolute Gasteiger partial charge is 0.127 e. The van der Waals surface area contributed by atoms with E-state index in [9.17, 15) is 4.39 Å². The number of hydrogen-bond donors (Lipinski definition) is 0. The molecule has 1 aromatic rings. The van der Waals surface area contributed by atoms with Gasteiger partial charge in [0.15, 0.2) is 0 Å². The van der Waals surface area contributed by atoms with Gasteiger partial charge in [0.2, 0.25) is 0 Å². The maximum Gasteiger partial charge on any atom is 0.127 e. The van der Waals surface area contributed by atoms with Crippen LogP contribution >= 0.6 is 27.5 Å². The van der Waals surface area contributed by atoms with Crippen molar-refractivity contribution in [2.24, 2.45) is 0 Å². The first-order valence-corrected chi connectivity index (χ1v) is 8.13. The quantitative estimate of drug-likeness (QED) is 0.769. The topological polar surface area (TPSA) is 6.48 Å². The minimum atomic E-state index is -0.161. The van der Waals surface area contributed by atoms with E-state index in [1.807, 2.05) is 0 Å². The van der Waals surface area contributed by atoms with Crippen LogP contribution in [-0.4, -0.2) is 47.9 Å². The summed E-state index contributed by atoms with van der Waals surface area (Å²) in [6.45, 7) is 5.91. The van der Waals surface area contributed by atoms with Gasteiger partial charge >= 0.3 is 0 Å². The third-order valence-corrected chi connectivity index (χ3v) is 4.07. The lowest BCUT2D eigenvalue weighted by atomic mass is 10.2. The number of alkyl halides is 1. The summed E-state index contributed by atoms with van der Waals surface area (Å²) >= 11 is 9.41. The molecule has 1 aromatic carbocycles. The van der Waals surface area contributed by atoms with Crippen LogP contribution < -0.4 is 0 Å². The summed E-state index contributed by atoms with van der Waals surface area (Å²) in [6.07, 6.45) is 1.13. The second kappa shape index (κ2) is 7.58. The molecule has 1 aliphatic heterocycles. The van der Waals surface area contributed by atoms with Gasteiger partial charge < -0.3 is 4.90 Å². The maximum atomic E-state index is 13.7. The van der Waals surface area contributed by atoms with Crippen molar-refractivity contribution in [3.05, 3.63) is 34.6 Å². The van der Waals surface area contributed by atoms with Gasteiger partial charge in [-0.05, 0) is 37.7 Å². The zero-order chi connectivity index (χ0) is 13.7. The first kappa shape index (κ1) is 15.2. The molecule has 0 aromatic heterocycles. The number of hydrogen-bond acceptors (Lipinski definition) is 2. The highest BCUT2D eigenvalue weighted by Crippen LogP contribution is 2.17. The average molecular weight is 350 g/mol. The Bertz CT molecular complexity index is 416. The highest BCUT2D eigenvalue weighted by Gasteiger charge is 2.15. The lowest BCUT2D eigenvalue weighted by Crippen LogP contribution is -2.31. The van der Waals surface area contributed by atoms with Gasteiger partial charge in [0, 0.05) is 42.1 Å². The van der Waals surface area contributed by atoms with Gasteiger partial charge in [-0.2, -0.15) is 0 Å². The molecule has 0 saturated carbocycles. The molecule has 0 N–H and O–H groups in total. The fraction of sp³-hybridized carbons (Fsp3) is 0.571. The molecule has 19 heavy (non-hydrogen) atoms. The Labute approximate surface area is 127 Å². The molecule has 0 bridgehead atoms. The molecular weight excluding hydrogens is 331 g/mol. The lowest BCUT2D eigenvalue weighted by molar-refractivity contribution is 0.256. The standard InChI is InChI=1S/C14H19BrClFN2/c15-4-7-18-5-1-6-19(9-8-18)11-12-10-13(16)2-3-14(12)17/h2-3,10H,1,4-9,11H2. The molecule has 1 aliphatic rings. The fourth-order valence-electron chi connectivity index (χ4n) is 2.43. The predicted molar refractivity (Wildman–Crippen MR) is 81.5 cm³/mol. The fourth-order valence-corrected chi connectivity index (χ4v) is 3.13. The minimum Gasteiger partial charge on any atom is -0.301 e. The predicted octanol–water partition coefficient (Wildman–Crippen LogP) is 3.38. The molecule has 0 atom stereocenters. The van der Waals surface area contributed by atoms with Crippen molar-refractivity contribution in [2.45, 2.75) is 13.0 Å². The summed E-state index contributed by atoms with van der Waals surface area (Å²) in [5, 5.41) is 1.61. The Morgan fingerprint density at radius 2 is 1.89 bits per heavy atom. The van der Waals surface area contributed by atoms with Gasteiger partial charge in [0.25, 0.3) is 0 Å². The summed E-state index contributed by atoms with van der Waals surface area (Å²) in [4.78, 5) is 4.76. The highest BCUT2D eigenvalue weighted by molar-refractivity contribution is 9.09. The Kier molecular flexibility index (Phi) is 6.07. The third kappa shape index (κ3) is 4.71. The Hall–Kier alpha value is -0.160. The summed E-state index contributed by atoms with van der Waals surface area (Å²) < 4.78 is 13.7. The van der Waals surface area contributed by atoms with Gasteiger partial charge in [0.05, 0.1) is 0 Å². The molecule has 2 nitrogen and oxygen atoms in total. The second-order valence-electron chi connectivity index (χ2n) is 4.90. The monoisotopic (exact) mass is 348 g/mol. The normalized spacial score (nSPS) is 18.5. The van der Waals surface area contributed by atoms with Crippen molar-refractivity contribution in [1.29, 1.82) is 0 Å². The van der Waals surface area contributed by atoms with Gasteiger partial charge in [-0.3, -0.25) is 4.90 Å². The zero-order valence-electron chi connectivity index (χ0n) is 10.9. The molecular formula is C14H19BrClFN2. The summed E-state index contributed by atoms with van der Waals surface area (Å²) in [5.74, 6) is -0.161. The van der Waals surface area contributed by atoms with Crippen LogP contribution in [0.3, 0.4) is 0 Å². The Morgan fingerprint density at radius 1 is 1.16 bits per heavy atom. The molecule has 0 amide bonds.